The lowest BCUT2D eigenvalue weighted by Crippen LogP contribution is -2.43. The number of fused-ring (bicyclic) bond motifs is 8. The predicted octanol–water partition coefficient (Wildman–Crippen LogP) is 9.42. The molecule has 0 radical (unpaired) electrons. The molecule has 3 aromatic heterocycles. The van der Waals surface area contributed by atoms with Crippen LogP contribution in [-0.2, 0) is 18.3 Å². The molecule has 0 spiro atoms. The normalized spacial score (nSPS) is 15.6. The third-order valence-electron chi connectivity index (χ3n) is 9.87. The monoisotopic (exact) mass is 645 g/mol. The first-order chi connectivity index (χ1) is 22.3. The average Bonchev–Trinajstić information content (AvgIpc) is 3.73. The van der Waals surface area contributed by atoms with E-state index in [0.29, 0.717) is 22.4 Å². The van der Waals surface area contributed by atoms with E-state index in [1.165, 1.54) is 0 Å². The number of nitrogens with one attached hydrogen (secondary N) is 2. The van der Waals surface area contributed by atoms with Crippen molar-refractivity contribution in [1.82, 2.24) is 19.9 Å². The highest BCUT2D eigenvalue weighted by molar-refractivity contribution is 6.90. The zero-order chi connectivity index (χ0) is 34.1. The number of aromatic nitrogens is 4. The molecule has 0 fully saturated rings. The van der Waals surface area contributed by atoms with Crippen molar-refractivity contribution in [3.05, 3.63) is 74.7 Å². The fraction of sp³-hybridized carbons (Fsp3) is 0.474. The average molecular weight is 646 g/mol. The Kier molecular flexibility index (Phi) is 9.64. The maximum atomic E-state index is 8.71. The number of ether oxygens (including phenoxy) is 1. The second-order valence-electron chi connectivity index (χ2n) is 14.5. The minimum absolute atomic E-state index is 0.0845. The van der Waals surface area contributed by atoms with Gasteiger partial charge >= 0.3 is 0 Å². The number of rotatable bonds is 5. The number of hydrogen-bond acceptors (Lipinski definition) is 4. The van der Waals surface area contributed by atoms with E-state index in [9.17, 15) is 0 Å². The number of H-pyrrole nitrogens is 2. The summed E-state index contributed by atoms with van der Waals surface area (Å²) in [5, 5.41) is 3.58. The zero-order valence-electron chi connectivity index (χ0n) is 29.5. The summed E-state index contributed by atoms with van der Waals surface area (Å²) in [6.45, 7) is 20.8. The lowest BCUT2D eigenvalue weighted by molar-refractivity contribution is 0.412. The van der Waals surface area contributed by atoms with Crippen LogP contribution in [-0.4, -0.2) is 41.7 Å². The van der Waals surface area contributed by atoms with E-state index >= 15 is 0 Å². The first kappa shape index (κ1) is 33.9. The van der Waals surface area contributed by atoms with Gasteiger partial charge in [-0.3, -0.25) is 9.97 Å². The Labute approximate surface area is 279 Å². The van der Waals surface area contributed by atoms with Crippen LogP contribution < -0.4 is 4.74 Å². The molecule has 9 heteroatoms. The number of aromatic amines is 2. The first-order valence-electron chi connectivity index (χ1n) is 16.6. The SMILES string of the molecule is COc1c2nc(cc3cc(C#C[Si](C(C)C)(C(C)C)C(C)C)c(cc4nc(cc5cc(C#CCN=[N+]=[N-])c1[nH]5)C(C)(C)C4)[nH]3)C(C)C2. The van der Waals surface area contributed by atoms with Crippen molar-refractivity contribution >= 4 is 30.1 Å². The third kappa shape index (κ3) is 6.70. The van der Waals surface area contributed by atoms with Crippen molar-refractivity contribution in [2.24, 2.45) is 5.11 Å². The summed E-state index contributed by atoms with van der Waals surface area (Å²) < 4.78 is 6.01. The summed E-state index contributed by atoms with van der Waals surface area (Å²) in [5.41, 5.74) is 23.3. The Hall–Kier alpha value is -4.43. The number of methoxy groups -OCH3 is 1. The molecule has 0 saturated heterocycles. The van der Waals surface area contributed by atoms with Gasteiger partial charge in [-0.25, -0.2) is 0 Å². The third-order valence-corrected chi connectivity index (χ3v) is 16.2. The van der Waals surface area contributed by atoms with Crippen molar-refractivity contribution in [3.63, 3.8) is 0 Å². The molecule has 0 aromatic carbocycles. The van der Waals surface area contributed by atoms with Crippen LogP contribution in [0.1, 0.15) is 102 Å². The van der Waals surface area contributed by atoms with Gasteiger partial charge in [0.2, 0.25) is 0 Å². The summed E-state index contributed by atoms with van der Waals surface area (Å²) in [6.07, 6.45) is 1.53. The Balaban J connectivity index is 1.85. The highest BCUT2D eigenvalue weighted by Crippen LogP contribution is 2.41. The molecule has 5 heterocycles. The number of azide groups is 1. The molecule has 3 aromatic rings. The standard InChI is InChI=1S/C38H47N7OSi/c1-23(2)47(24(3)4,25(5)6)15-13-27-17-29-19-32-26(7)16-34(44-32)37(46-10)36-28(12-11-14-40-45-39)18-30(43-36)21-35-38(8,9)22-31(42-35)20-33(27)41-29/h17-21,23-26,41,43H,14,16,22H2,1-10H3. The van der Waals surface area contributed by atoms with Crippen molar-refractivity contribution in [2.75, 3.05) is 13.7 Å². The molecule has 47 heavy (non-hydrogen) atoms. The molecule has 0 saturated carbocycles. The lowest BCUT2D eigenvalue weighted by atomic mass is 9.87. The van der Waals surface area contributed by atoms with Crippen LogP contribution in [0, 0.1) is 23.3 Å². The smallest absolute Gasteiger partial charge is 0.165 e. The number of hydrogen-bond donors (Lipinski definition) is 2. The molecule has 2 aliphatic heterocycles. The van der Waals surface area contributed by atoms with Crippen LogP contribution in [0.25, 0.3) is 32.5 Å². The van der Waals surface area contributed by atoms with Crippen molar-refractivity contribution < 1.29 is 4.74 Å². The van der Waals surface area contributed by atoms with Crippen LogP contribution in [0.4, 0.5) is 0 Å². The van der Waals surface area contributed by atoms with E-state index in [4.69, 9.17) is 20.2 Å². The van der Waals surface area contributed by atoms with Crippen LogP contribution >= 0.6 is 0 Å². The summed E-state index contributed by atoms with van der Waals surface area (Å²) in [7, 11) is -0.267. The van der Waals surface area contributed by atoms with Crippen LogP contribution in [0.5, 0.6) is 5.75 Å². The summed E-state index contributed by atoms with van der Waals surface area (Å²) >= 11 is 0. The van der Waals surface area contributed by atoms with Gasteiger partial charge in [0.25, 0.3) is 0 Å². The molecule has 2 aliphatic rings. The van der Waals surface area contributed by atoms with E-state index in [1.54, 1.807) is 7.11 Å². The molecular weight excluding hydrogens is 599 g/mol. The molecule has 1 unspecified atom stereocenters. The van der Waals surface area contributed by atoms with Gasteiger partial charge in [-0.05, 0) is 52.5 Å². The van der Waals surface area contributed by atoms with Crippen LogP contribution in [0.2, 0.25) is 16.6 Å². The van der Waals surface area contributed by atoms with Gasteiger partial charge in [-0.1, -0.05) is 85.2 Å². The van der Waals surface area contributed by atoms with Crippen LogP contribution in [0.15, 0.2) is 35.4 Å². The highest BCUT2D eigenvalue weighted by Gasteiger charge is 2.41. The van der Waals surface area contributed by atoms with Gasteiger partial charge in [0.1, 0.15) is 8.07 Å². The number of nitrogens with zero attached hydrogens (tertiary/aromatic N) is 5. The van der Waals surface area contributed by atoms with E-state index in [-0.39, 0.29) is 17.9 Å². The fourth-order valence-electron chi connectivity index (χ4n) is 7.49. The molecule has 0 amide bonds. The Bertz CT molecular complexity index is 2000. The fourth-order valence-corrected chi connectivity index (χ4v) is 12.7. The molecule has 1 atom stereocenters. The van der Waals surface area contributed by atoms with E-state index in [2.05, 4.69) is 130 Å². The second kappa shape index (κ2) is 13.4. The van der Waals surface area contributed by atoms with Crippen LogP contribution in [0.3, 0.4) is 0 Å². The van der Waals surface area contributed by atoms with E-state index < -0.39 is 8.07 Å². The summed E-state index contributed by atoms with van der Waals surface area (Å²) in [5.74, 6) is 10.7. The summed E-state index contributed by atoms with van der Waals surface area (Å²) in [6, 6.07) is 10.6. The topological polar surface area (TPSA) is 115 Å². The van der Waals surface area contributed by atoms with Gasteiger partial charge < -0.3 is 14.7 Å². The maximum absolute atomic E-state index is 8.71. The quantitative estimate of drug-likeness (QED) is 0.0947. The minimum atomic E-state index is -1.94. The highest BCUT2D eigenvalue weighted by atomic mass is 28.3. The predicted molar refractivity (Wildman–Crippen MR) is 195 cm³/mol. The van der Waals surface area contributed by atoms with Gasteiger partial charge in [0.15, 0.2) is 5.75 Å². The van der Waals surface area contributed by atoms with Gasteiger partial charge in [0, 0.05) is 62.8 Å². The lowest BCUT2D eigenvalue weighted by Gasteiger charge is -2.38. The van der Waals surface area contributed by atoms with Gasteiger partial charge in [0.05, 0.1) is 35.9 Å². The largest absolute Gasteiger partial charge is 0.493 e. The molecule has 2 N–H and O–H groups in total. The second-order valence-corrected chi connectivity index (χ2v) is 20.1. The molecule has 5 rings (SSSR count). The molecule has 8 bridgehead atoms. The van der Waals surface area contributed by atoms with Crippen molar-refractivity contribution in [3.8, 4) is 29.1 Å². The molecule has 244 valence electrons. The first-order valence-corrected chi connectivity index (χ1v) is 18.9. The summed E-state index contributed by atoms with van der Waals surface area (Å²) in [4.78, 5) is 20.3. The van der Waals surface area contributed by atoms with Crippen molar-refractivity contribution in [2.45, 2.75) is 103 Å². The Morgan fingerprint density at radius 2 is 1.66 bits per heavy atom. The van der Waals surface area contributed by atoms with E-state index in [0.717, 1.165) is 68.8 Å². The minimum Gasteiger partial charge on any atom is -0.493 e. The molecular formula is C38H47N7OSi. The Morgan fingerprint density at radius 1 is 0.979 bits per heavy atom. The maximum Gasteiger partial charge on any atom is 0.165 e. The van der Waals surface area contributed by atoms with E-state index in [1.807, 2.05) is 6.07 Å². The van der Waals surface area contributed by atoms with Crippen molar-refractivity contribution in [1.29, 1.82) is 0 Å². The zero-order valence-corrected chi connectivity index (χ0v) is 30.5. The Morgan fingerprint density at radius 3 is 2.32 bits per heavy atom. The van der Waals surface area contributed by atoms with Gasteiger partial charge in [-0.2, -0.15) is 0 Å². The van der Waals surface area contributed by atoms with Gasteiger partial charge in [-0.15, -0.1) is 5.54 Å². The molecule has 8 nitrogen and oxygen atoms in total. The molecule has 0 aliphatic carbocycles.